The summed E-state index contributed by atoms with van der Waals surface area (Å²) in [6.45, 7) is 1.63. The van der Waals surface area contributed by atoms with Crippen LogP contribution in [0.2, 0.25) is 5.02 Å². The number of nitrogen functional groups attached to an aromatic ring is 1. The lowest BCUT2D eigenvalue weighted by Gasteiger charge is -2.15. The molecule has 0 aliphatic heterocycles. The van der Waals surface area contributed by atoms with Gasteiger partial charge in [-0.2, -0.15) is 0 Å². The minimum Gasteiger partial charge on any atom is -0.398 e. The van der Waals surface area contributed by atoms with Gasteiger partial charge in [0.2, 0.25) is 0 Å². The highest BCUT2D eigenvalue weighted by molar-refractivity contribution is 6.33. The van der Waals surface area contributed by atoms with Crippen LogP contribution in [-0.4, -0.2) is 11.2 Å². The molecule has 0 aliphatic carbocycles. The monoisotopic (exact) mass is 200 g/mol. The first-order valence-corrected chi connectivity index (χ1v) is 4.38. The fraction of sp³-hybridized carbons (Fsp3) is 0.333. The molecule has 5 N–H and O–H groups in total. The van der Waals surface area contributed by atoms with Crippen molar-refractivity contribution >= 4 is 17.3 Å². The number of benzene rings is 1. The molecule has 3 nitrogen and oxygen atoms in total. The Kier molecular flexibility index (Phi) is 3.14. The predicted octanol–water partition coefficient (Wildman–Crippen LogP) is 1.30. The highest BCUT2D eigenvalue weighted by Gasteiger charge is 2.12. The van der Waals surface area contributed by atoms with Gasteiger partial charge in [-0.3, -0.25) is 0 Å². The van der Waals surface area contributed by atoms with Gasteiger partial charge in [-0.1, -0.05) is 17.7 Å². The molecule has 72 valence electrons. The van der Waals surface area contributed by atoms with E-state index in [9.17, 15) is 5.11 Å². The quantitative estimate of drug-likeness (QED) is 0.631. The van der Waals surface area contributed by atoms with Gasteiger partial charge in [0.05, 0.1) is 22.9 Å². The highest BCUT2D eigenvalue weighted by atomic mass is 35.5. The lowest BCUT2D eigenvalue weighted by molar-refractivity contribution is 0.164. The molecule has 0 bridgehead atoms. The van der Waals surface area contributed by atoms with Gasteiger partial charge < -0.3 is 16.6 Å². The number of nitrogens with two attached hydrogens (primary N) is 2. The number of hydrogen-bond acceptors (Lipinski definition) is 3. The Hall–Kier alpha value is -0.770. The predicted molar refractivity (Wildman–Crippen MR) is 54.5 cm³/mol. The van der Waals surface area contributed by atoms with Crippen LogP contribution >= 0.6 is 11.6 Å². The molecule has 0 unspecified atom stereocenters. The molecule has 2 atom stereocenters. The van der Waals surface area contributed by atoms with E-state index in [1.54, 1.807) is 25.1 Å². The normalized spacial score (nSPS) is 15.4. The molecule has 1 aromatic carbocycles. The van der Waals surface area contributed by atoms with Crippen molar-refractivity contribution in [2.45, 2.75) is 19.1 Å². The van der Waals surface area contributed by atoms with E-state index in [2.05, 4.69) is 0 Å². The largest absolute Gasteiger partial charge is 0.398 e. The van der Waals surface area contributed by atoms with Crippen LogP contribution in [0.3, 0.4) is 0 Å². The number of aliphatic hydroxyl groups excluding tert-OH is 1. The molecule has 1 aromatic rings. The minimum atomic E-state index is -0.597. The SMILES string of the molecule is C[C@@H](O)[C@@H](N)c1ccc(Cl)c(N)c1. The van der Waals surface area contributed by atoms with E-state index in [4.69, 9.17) is 23.1 Å². The zero-order valence-electron chi connectivity index (χ0n) is 7.37. The summed E-state index contributed by atoms with van der Waals surface area (Å²) >= 11 is 5.74. The lowest BCUT2D eigenvalue weighted by Crippen LogP contribution is -2.23. The fourth-order valence-corrected chi connectivity index (χ4v) is 1.17. The van der Waals surface area contributed by atoms with Crippen LogP contribution < -0.4 is 11.5 Å². The first kappa shape index (κ1) is 10.3. The van der Waals surface area contributed by atoms with E-state index in [1.165, 1.54) is 0 Å². The summed E-state index contributed by atoms with van der Waals surface area (Å²) in [5.41, 5.74) is 12.6. The Morgan fingerprint density at radius 1 is 1.46 bits per heavy atom. The van der Waals surface area contributed by atoms with Gasteiger partial charge >= 0.3 is 0 Å². The molecule has 0 amide bonds. The van der Waals surface area contributed by atoms with E-state index < -0.39 is 12.1 Å². The molecule has 0 spiro atoms. The van der Waals surface area contributed by atoms with Gasteiger partial charge in [-0.05, 0) is 24.6 Å². The Labute approximate surface area is 82.3 Å². The molecule has 1 rings (SSSR count). The van der Waals surface area contributed by atoms with Crippen LogP contribution in [0.4, 0.5) is 5.69 Å². The van der Waals surface area contributed by atoms with E-state index in [-0.39, 0.29) is 0 Å². The Bertz CT molecular complexity index is 302. The highest BCUT2D eigenvalue weighted by Crippen LogP contribution is 2.23. The summed E-state index contributed by atoms with van der Waals surface area (Å²) in [6.07, 6.45) is -0.597. The van der Waals surface area contributed by atoms with E-state index >= 15 is 0 Å². The lowest BCUT2D eigenvalue weighted by atomic mass is 10.0. The van der Waals surface area contributed by atoms with Crippen LogP contribution in [0.25, 0.3) is 0 Å². The van der Waals surface area contributed by atoms with Crippen molar-refractivity contribution in [3.05, 3.63) is 28.8 Å². The van der Waals surface area contributed by atoms with Crippen LogP contribution in [-0.2, 0) is 0 Å². The number of aliphatic hydroxyl groups is 1. The standard InChI is InChI=1S/C9H13ClN2O/c1-5(13)9(12)6-2-3-7(10)8(11)4-6/h2-5,9,13H,11-12H2,1H3/t5-,9-/m1/s1. The third-order valence-electron chi connectivity index (χ3n) is 1.92. The van der Waals surface area contributed by atoms with Crippen LogP contribution in [0, 0.1) is 0 Å². The molecular formula is C9H13ClN2O. The number of anilines is 1. The zero-order valence-corrected chi connectivity index (χ0v) is 8.12. The molecule has 0 saturated heterocycles. The van der Waals surface area contributed by atoms with Crippen molar-refractivity contribution in [3.8, 4) is 0 Å². The van der Waals surface area contributed by atoms with E-state index in [0.717, 1.165) is 5.56 Å². The summed E-state index contributed by atoms with van der Waals surface area (Å²) in [5, 5.41) is 9.74. The van der Waals surface area contributed by atoms with E-state index in [1.807, 2.05) is 0 Å². The Balaban J connectivity index is 2.97. The van der Waals surface area contributed by atoms with Crippen molar-refractivity contribution in [1.82, 2.24) is 0 Å². The maximum absolute atomic E-state index is 9.24. The molecule has 4 heteroatoms. The summed E-state index contributed by atoms with van der Waals surface area (Å²) in [5.74, 6) is 0. The third kappa shape index (κ3) is 2.34. The average Bonchev–Trinajstić information content (AvgIpc) is 2.08. The van der Waals surface area contributed by atoms with Crippen molar-refractivity contribution in [1.29, 1.82) is 0 Å². The van der Waals surface area contributed by atoms with Crippen LogP contribution in [0.5, 0.6) is 0 Å². The smallest absolute Gasteiger partial charge is 0.0704 e. The second-order valence-corrected chi connectivity index (χ2v) is 3.45. The topological polar surface area (TPSA) is 72.3 Å². The molecule has 0 aromatic heterocycles. The van der Waals surface area contributed by atoms with Crippen molar-refractivity contribution in [2.75, 3.05) is 5.73 Å². The van der Waals surface area contributed by atoms with Gasteiger partial charge in [0, 0.05) is 0 Å². The van der Waals surface area contributed by atoms with Gasteiger partial charge in [-0.25, -0.2) is 0 Å². The van der Waals surface area contributed by atoms with Gasteiger partial charge in [0.1, 0.15) is 0 Å². The molecular weight excluding hydrogens is 188 g/mol. The summed E-state index contributed by atoms with van der Waals surface area (Å²) in [4.78, 5) is 0. The van der Waals surface area contributed by atoms with Crippen LogP contribution in [0.1, 0.15) is 18.5 Å². The average molecular weight is 201 g/mol. The molecule has 0 heterocycles. The second kappa shape index (κ2) is 3.96. The molecule has 0 fully saturated rings. The van der Waals surface area contributed by atoms with Crippen molar-refractivity contribution < 1.29 is 5.11 Å². The van der Waals surface area contributed by atoms with Crippen molar-refractivity contribution in [2.24, 2.45) is 5.73 Å². The second-order valence-electron chi connectivity index (χ2n) is 3.05. The van der Waals surface area contributed by atoms with Crippen LogP contribution in [0.15, 0.2) is 18.2 Å². The number of halogens is 1. The Morgan fingerprint density at radius 2 is 2.08 bits per heavy atom. The van der Waals surface area contributed by atoms with Gasteiger partial charge in [-0.15, -0.1) is 0 Å². The minimum absolute atomic E-state index is 0.417. The number of hydrogen-bond donors (Lipinski definition) is 3. The maximum atomic E-state index is 9.24. The molecule has 0 aliphatic rings. The summed E-state index contributed by atoms with van der Waals surface area (Å²) in [7, 11) is 0. The third-order valence-corrected chi connectivity index (χ3v) is 2.27. The molecule has 13 heavy (non-hydrogen) atoms. The first-order valence-electron chi connectivity index (χ1n) is 4.01. The summed E-state index contributed by atoms with van der Waals surface area (Å²) in [6, 6.07) is 4.70. The zero-order chi connectivity index (χ0) is 10.0. The maximum Gasteiger partial charge on any atom is 0.0704 e. The molecule has 0 saturated carbocycles. The Morgan fingerprint density at radius 3 is 2.54 bits per heavy atom. The summed E-state index contributed by atoms with van der Waals surface area (Å²) < 4.78 is 0. The molecule has 0 radical (unpaired) electrons. The van der Waals surface area contributed by atoms with Gasteiger partial charge in [0.15, 0.2) is 0 Å². The fourth-order valence-electron chi connectivity index (χ4n) is 1.05. The van der Waals surface area contributed by atoms with Crippen molar-refractivity contribution in [3.63, 3.8) is 0 Å². The number of rotatable bonds is 2. The van der Waals surface area contributed by atoms with Gasteiger partial charge in [0.25, 0.3) is 0 Å². The van der Waals surface area contributed by atoms with E-state index in [0.29, 0.717) is 10.7 Å². The first-order chi connectivity index (χ1) is 6.02.